The molecule has 82 valence electrons. The Labute approximate surface area is 91.9 Å². The SMILES string of the molecule is NC1(CNc2ccccc2)CCCCC1. The van der Waals surface area contributed by atoms with Crippen LogP contribution in [-0.4, -0.2) is 12.1 Å². The van der Waals surface area contributed by atoms with Crippen LogP contribution in [0.25, 0.3) is 0 Å². The third-order valence-electron chi connectivity index (χ3n) is 3.27. The fraction of sp³-hybridized carbons (Fsp3) is 0.538. The summed E-state index contributed by atoms with van der Waals surface area (Å²) < 4.78 is 0. The molecular formula is C13H20N2. The number of anilines is 1. The zero-order chi connectivity index (χ0) is 10.6. The highest BCUT2D eigenvalue weighted by Gasteiger charge is 2.26. The Kier molecular flexibility index (Phi) is 3.27. The van der Waals surface area contributed by atoms with E-state index in [-0.39, 0.29) is 5.54 Å². The summed E-state index contributed by atoms with van der Waals surface area (Å²) in [7, 11) is 0. The van der Waals surface area contributed by atoms with E-state index >= 15 is 0 Å². The minimum atomic E-state index is 0.0219. The lowest BCUT2D eigenvalue weighted by atomic mass is 9.82. The quantitative estimate of drug-likeness (QED) is 0.794. The van der Waals surface area contributed by atoms with Crippen molar-refractivity contribution in [3.05, 3.63) is 30.3 Å². The van der Waals surface area contributed by atoms with E-state index in [1.54, 1.807) is 0 Å². The van der Waals surface area contributed by atoms with Gasteiger partial charge in [-0.25, -0.2) is 0 Å². The summed E-state index contributed by atoms with van der Waals surface area (Å²) in [4.78, 5) is 0. The topological polar surface area (TPSA) is 38.0 Å². The number of nitrogens with two attached hydrogens (primary N) is 1. The Morgan fingerprint density at radius 2 is 1.73 bits per heavy atom. The lowest BCUT2D eigenvalue weighted by molar-refractivity contribution is 0.311. The Bertz CT molecular complexity index is 289. The average Bonchev–Trinajstić information content (AvgIpc) is 2.29. The fourth-order valence-electron chi connectivity index (χ4n) is 2.27. The Hall–Kier alpha value is -1.02. The van der Waals surface area contributed by atoms with E-state index < -0.39 is 0 Å². The molecule has 0 heterocycles. The number of hydrogen-bond acceptors (Lipinski definition) is 2. The van der Waals surface area contributed by atoms with Crippen molar-refractivity contribution in [2.45, 2.75) is 37.6 Å². The van der Waals surface area contributed by atoms with Gasteiger partial charge in [-0.15, -0.1) is 0 Å². The summed E-state index contributed by atoms with van der Waals surface area (Å²) in [5.74, 6) is 0. The molecule has 1 aromatic rings. The molecule has 1 aliphatic rings. The molecule has 0 radical (unpaired) electrons. The molecule has 0 saturated heterocycles. The van der Waals surface area contributed by atoms with Crippen molar-refractivity contribution >= 4 is 5.69 Å². The van der Waals surface area contributed by atoms with Gasteiger partial charge in [0.2, 0.25) is 0 Å². The number of rotatable bonds is 3. The lowest BCUT2D eigenvalue weighted by Gasteiger charge is -2.33. The maximum absolute atomic E-state index is 6.34. The molecule has 0 amide bonds. The molecule has 1 aromatic carbocycles. The van der Waals surface area contributed by atoms with Crippen molar-refractivity contribution in [2.75, 3.05) is 11.9 Å². The minimum Gasteiger partial charge on any atom is -0.383 e. The van der Waals surface area contributed by atoms with Gasteiger partial charge in [-0.05, 0) is 25.0 Å². The molecule has 1 aliphatic carbocycles. The van der Waals surface area contributed by atoms with Gasteiger partial charge >= 0.3 is 0 Å². The second kappa shape index (κ2) is 4.67. The number of hydrogen-bond donors (Lipinski definition) is 2. The Balaban J connectivity index is 1.87. The molecule has 0 aromatic heterocycles. The lowest BCUT2D eigenvalue weighted by Crippen LogP contribution is -2.47. The molecule has 1 fully saturated rings. The van der Waals surface area contributed by atoms with Gasteiger partial charge in [0.15, 0.2) is 0 Å². The predicted octanol–water partition coefficient (Wildman–Crippen LogP) is 2.76. The summed E-state index contributed by atoms with van der Waals surface area (Å²) in [6, 6.07) is 10.3. The van der Waals surface area contributed by atoms with Crippen molar-refractivity contribution in [3.63, 3.8) is 0 Å². The molecule has 0 unspecified atom stereocenters. The maximum Gasteiger partial charge on any atom is 0.0340 e. The summed E-state index contributed by atoms with van der Waals surface area (Å²) in [5.41, 5.74) is 7.54. The Morgan fingerprint density at radius 1 is 1.07 bits per heavy atom. The van der Waals surface area contributed by atoms with E-state index in [4.69, 9.17) is 5.73 Å². The standard InChI is InChI=1S/C13H20N2/c14-13(9-5-2-6-10-13)11-15-12-7-3-1-4-8-12/h1,3-4,7-8,15H,2,5-6,9-11,14H2. The third kappa shape index (κ3) is 2.96. The van der Waals surface area contributed by atoms with Gasteiger partial charge in [0.25, 0.3) is 0 Å². The molecule has 15 heavy (non-hydrogen) atoms. The molecule has 0 atom stereocenters. The zero-order valence-electron chi connectivity index (χ0n) is 9.21. The van der Waals surface area contributed by atoms with Crippen molar-refractivity contribution in [3.8, 4) is 0 Å². The number of benzene rings is 1. The van der Waals surface area contributed by atoms with Crippen LogP contribution in [-0.2, 0) is 0 Å². The van der Waals surface area contributed by atoms with Crippen molar-refractivity contribution in [2.24, 2.45) is 5.73 Å². The monoisotopic (exact) mass is 204 g/mol. The van der Waals surface area contributed by atoms with Crippen LogP contribution in [0.5, 0.6) is 0 Å². The smallest absolute Gasteiger partial charge is 0.0340 e. The van der Waals surface area contributed by atoms with Crippen LogP contribution in [0.15, 0.2) is 30.3 Å². The first-order valence-corrected chi connectivity index (χ1v) is 5.86. The number of para-hydroxylation sites is 1. The molecule has 0 bridgehead atoms. The molecule has 3 N–H and O–H groups in total. The minimum absolute atomic E-state index is 0.0219. The first kappa shape index (κ1) is 10.5. The van der Waals surface area contributed by atoms with Crippen LogP contribution >= 0.6 is 0 Å². The van der Waals surface area contributed by atoms with Crippen molar-refractivity contribution in [1.82, 2.24) is 0 Å². The second-order valence-corrected chi connectivity index (χ2v) is 4.64. The molecule has 2 rings (SSSR count). The largest absolute Gasteiger partial charge is 0.383 e. The fourth-order valence-corrected chi connectivity index (χ4v) is 2.27. The van der Waals surface area contributed by atoms with Gasteiger partial charge in [-0.3, -0.25) is 0 Å². The van der Waals surface area contributed by atoms with Crippen LogP contribution in [0.4, 0.5) is 5.69 Å². The van der Waals surface area contributed by atoms with E-state index in [0.717, 1.165) is 19.4 Å². The summed E-state index contributed by atoms with van der Waals surface area (Å²) in [6.07, 6.45) is 6.24. The first-order chi connectivity index (χ1) is 7.29. The van der Waals surface area contributed by atoms with Crippen LogP contribution in [0.2, 0.25) is 0 Å². The highest BCUT2D eigenvalue weighted by atomic mass is 14.9. The normalized spacial score (nSPS) is 19.8. The van der Waals surface area contributed by atoms with Gasteiger partial charge in [0.05, 0.1) is 0 Å². The zero-order valence-corrected chi connectivity index (χ0v) is 9.21. The molecule has 2 heteroatoms. The van der Waals surface area contributed by atoms with E-state index in [1.165, 1.54) is 24.9 Å². The molecule has 1 saturated carbocycles. The van der Waals surface area contributed by atoms with E-state index in [9.17, 15) is 0 Å². The second-order valence-electron chi connectivity index (χ2n) is 4.64. The predicted molar refractivity (Wildman–Crippen MR) is 64.9 cm³/mol. The molecule has 2 nitrogen and oxygen atoms in total. The molecule has 0 spiro atoms. The van der Waals surface area contributed by atoms with Crippen LogP contribution in [0.3, 0.4) is 0 Å². The molecule has 0 aliphatic heterocycles. The maximum atomic E-state index is 6.34. The van der Waals surface area contributed by atoms with E-state index in [1.807, 2.05) is 18.2 Å². The summed E-state index contributed by atoms with van der Waals surface area (Å²) in [5, 5.41) is 3.43. The molecular weight excluding hydrogens is 184 g/mol. The van der Waals surface area contributed by atoms with E-state index in [2.05, 4.69) is 17.4 Å². The van der Waals surface area contributed by atoms with Gasteiger partial charge in [-0.1, -0.05) is 37.5 Å². The van der Waals surface area contributed by atoms with Crippen LogP contribution in [0, 0.1) is 0 Å². The Morgan fingerprint density at radius 3 is 2.40 bits per heavy atom. The average molecular weight is 204 g/mol. The van der Waals surface area contributed by atoms with Crippen molar-refractivity contribution in [1.29, 1.82) is 0 Å². The first-order valence-electron chi connectivity index (χ1n) is 5.86. The van der Waals surface area contributed by atoms with Gasteiger partial charge in [0, 0.05) is 17.8 Å². The van der Waals surface area contributed by atoms with E-state index in [0.29, 0.717) is 0 Å². The highest BCUT2D eigenvalue weighted by molar-refractivity contribution is 5.42. The van der Waals surface area contributed by atoms with Gasteiger partial charge in [0.1, 0.15) is 0 Å². The third-order valence-corrected chi connectivity index (χ3v) is 3.27. The van der Waals surface area contributed by atoms with Gasteiger partial charge < -0.3 is 11.1 Å². The number of nitrogens with one attached hydrogen (secondary N) is 1. The van der Waals surface area contributed by atoms with Crippen LogP contribution < -0.4 is 11.1 Å². The summed E-state index contributed by atoms with van der Waals surface area (Å²) in [6.45, 7) is 0.900. The van der Waals surface area contributed by atoms with Crippen LogP contribution in [0.1, 0.15) is 32.1 Å². The van der Waals surface area contributed by atoms with Crippen molar-refractivity contribution < 1.29 is 0 Å². The van der Waals surface area contributed by atoms with Gasteiger partial charge in [-0.2, -0.15) is 0 Å². The highest BCUT2D eigenvalue weighted by Crippen LogP contribution is 2.26. The summed E-state index contributed by atoms with van der Waals surface area (Å²) >= 11 is 0.